The molecule has 1 saturated heterocycles. The topological polar surface area (TPSA) is 68.5 Å². The number of amides is 1. The normalized spacial score (nSPS) is 19.1. The van der Waals surface area contributed by atoms with Gasteiger partial charge in [0.25, 0.3) is 0 Å². The molecule has 1 aliphatic heterocycles. The first-order valence-corrected chi connectivity index (χ1v) is 7.17. The number of thiazole rings is 1. The van der Waals surface area contributed by atoms with Crippen LogP contribution in [-0.2, 0) is 9.53 Å². The van der Waals surface area contributed by atoms with Gasteiger partial charge in [0, 0.05) is 31.2 Å². The number of nitrogens with two attached hydrogens (primary N) is 1. The van der Waals surface area contributed by atoms with Crippen molar-refractivity contribution in [2.45, 2.75) is 9.59 Å². The molecule has 1 aromatic heterocycles. The summed E-state index contributed by atoms with van der Waals surface area (Å²) in [6.07, 6.45) is 1.74. The molecule has 2 N–H and O–H groups in total. The zero-order chi connectivity index (χ0) is 12.1. The number of rotatable bonds is 5. The number of thioether (sulfide) groups is 1. The van der Waals surface area contributed by atoms with Crippen molar-refractivity contribution in [2.24, 2.45) is 5.73 Å². The van der Waals surface area contributed by atoms with Gasteiger partial charge in [0.15, 0.2) is 4.34 Å². The highest BCUT2D eigenvalue weighted by molar-refractivity contribution is 8.02. The van der Waals surface area contributed by atoms with Crippen LogP contribution in [0.25, 0.3) is 0 Å². The van der Waals surface area contributed by atoms with Gasteiger partial charge < -0.3 is 10.5 Å². The summed E-state index contributed by atoms with van der Waals surface area (Å²) >= 11 is 2.98. The van der Waals surface area contributed by atoms with Crippen LogP contribution in [0, 0.1) is 0 Å². The summed E-state index contributed by atoms with van der Waals surface area (Å²) in [5.74, 6) is -0.281. The fourth-order valence-electron chi connectivity index (χ4n) is 1.59. The van der Waals surface area contributed by atoms with E-state index in [-0.39, 0.29) is 11.2 Å². The number of aromatic nitrogens is 1. The van der Waals surface area contributed by atoms with Gasteiger partial charge >= 0.3 is 0 Å². The molecule has 1 amide bonds. The summed E-state index contributed by atoms with van der Waals surface area (Å²) in [4.78, 5) is 17.8. The molecular formula is C10H15N3O2S2. The van der Waals surface area contributed by atoms with Crippen molar-refractivity contribution in [3.63, 3.8) is 0 Å². The maximum Gasteiger partial charge on any atom is 0.232 e. The second-order valence-corrected chi connectivity index (χ2v) is 6.06. The number of carbonyl (C=O) groups is 1. The first kappa shape index (κ1) is 12.8. The zero-order valence-corrected chi connectivity index (χ0v) is 11.0. The van der Waals surface area contributed by atoms with Gasteiger partial charge in [-0.1, -0.05) is 11.8 Å². The largest absolute Gasteiger partial charge is 0.379 e. The quantitative estimate of drug-likeness (QED) is 0.788. The molecule has 1 fully saturated rings. The van der Waals surface area contributed by atoms with Crippen LogP contribution in [0.5, 0.6) is 0 Å². The Labute approximate surface area is 108 Å². The minimum atomic E-state index is -0.281. The van der Waals surface area contributed by atoms with E-state index in [2.05, 4.69) is 9.88 Å². The maximum atomic E-state index is 11.4. The molecular weight excluding hydrogens is 258 g/mol. The summed E-state index contributed by atoms with van der Waals surface area (Å²) in [5.41, 5.74) is 5.43. The average molecular weight is 273 g/mol. The Morgan fingerprint density at radius 3 is 3.00 bits per heavy atom. The van der Waals surface area contributed by atoms with E-state index in [9.17, 15) is 4.79 Å². The Bertz CT molecular complexity index is 352. The summed E-state index contributed by atoms with van der Waals surface area (Å²) in [6, 6.07) is 0. The third-order valence-corrected chi connectivity index (χ3v) is 4.61. The summed E-state index contributed by atoms with van der Waals surface area (Å²) in [7, 11) is 0. The first-order valence-electron chi connectivity index (χ1n) is 5.41. The second-order valence-electron chi connectivity index (χ2n) is 3.72. The zero-order valence-electron chi connectivity index (χ0n) is 9.37. The monoisotopic (exact) mass is 273 g/mol. The second kappa shape index (κ2) is 6.34. The molecule has 2 heterocycles. The van der Waals surface area contributed by atoms with Crippen LogP contribution in [0.4, 0.5) is 0 Å². The smallest absolute Gasteiger partial charge is 0.232 e. The number of ether oxygens (including phenoxy) is 1. The number of carbonyl (C=O) groups excluding carboxylic acids is 1. The molecule has 0 aromatic carbocycles. The number of hydrogen-bond donors (Lipinski definition) is 1. The summed E-state index contributed by atoms with van der Waals surface area (Å²) in [5, 5.41) is 1.66. The number of primary amides is 1. The van der Waals surface area contributed by atoms with E-state index in [1.165, 1.54) is 23.1 Å². The Morgan fingerprint density at radius 1 is 1.65 bits per heavy atom. The minimum absolute atomic E-state index is 0.237. The molecule has 94 valence electrons. The molecule has 5 nitrogen and oxygen atoms in total. The van der Waals surface area contributed by atoms with Crippen LogP contribution in [0.1, 0.15) is 0 Å². The molecule has 1 unspecified atom stereocenters. The fraction of sp³-hybridized carbons (Fsp3) is 0.600. The Balaban J connectivity index is 1.90. The Hall–Kier alpha value is -0.630. The number of morpholine rings is 1. The molecule has 0 radical (unpaired) electrons. The van der Waals surface area contributed by atoms with E-state index < -0.39 is 0 Å². The Kier molecular flexibility index (Phi) is 4.78. The molecule has 0 aliphatic carbocycles. The molecule has 0 saturated carbocycles. The highest BCUT2D eigenvalue weighted by Gasteiger charge is 2.22. The lowest BCUT2D eigenvalue weighted by Crippen LogP contribution is -2.43. The van der Waals surface area contributed by atoms with Crippen molar-refractivity contribution in [1.82, 2.24) is 9.88 Å². The van der Waals surface area contributed by atoms with E-state index >= 15 is 0 Å². The van der Waals surface area contributed by atoms with E-state index in [1.54, 1.807) is 6.20 Å². The summed E-state index contributed by atoms with van der Waals surface area (Å²) in [6.45, 7) is 3.86. The number of hydrogen-bond acceptors (Lipinski definition) is 6. The molecule has 1 aromatic rings. The third kappa shape index (κ3) is 3.95. The molecule has 0 spiro atoms. The van der Waals surface area contributed by atoms with Crippen molar-refractivity contribution >= 4 is 29.0 Å². The van der Waals surface area contributed by atoms with Crippen LogP contribution >= 0.6 is 23.1 Å². The van der Waals surface area contributed by atoms with Crippen molar-refractivity contribution < 1.29 is 9.53 Å². The van der Waals surface area contributed by atoms with E-state index in [0.29, 0.717) is 6.54 Å². The third-order valence-electron chi connectivity index (χ3n) is 2.50. The van der Waals surface area contributed by atoms with Gasteiger partial charge in [0.1, 0.15) is 5.25 Å². The average Bonchev–Trinajstić information content (AvgIpc) is 2.82. The number of nitrogens with zero attached hydrogens (tertiary/aromatic N) is 2. The Morgan fingerprint density at radius 2 is 2.41 bits per heavy atom. The van der Waals surface area contributed by atoms with Crippen LogP contribution in [0.2, 0.25) is 0 Å². The van der Waals surface area contributed by atoms with Gasteiger partial charge in [0.2, 0.25) is 5.91 Å². The molecule has 17 heavy (non-hydrogen) atoms. The van der Waals surface area contributed by atoms with Crippen molar-refractivity contribution in [1.29, 1.82) is 0 Å². The summed E-state index contributed by atoms with van der Waals surface area (Å²) < 4.78 is 6.16. The predicted octanol–water partition coefficient (Wildman–Crippen LogP) is 0.421. The minimum Gasteiger partial charge on any atom is -0.379 e. The van der Waals surface area contributed by atoms with Crippen molar-refractivity contribution in [2.75, 3.05) is 32.8 Å². The van der Waals surface area contributed by atoms with Crippen molar-refractivity contribution in [3.05, 3.63) is 11.6 Å². The molecule has 2 rings (SSSR count). The van der Waals surface area contributed by atoms with Crippen LogP contribution < -0.4 is 5.73 Å². The molecule has 7 heteroatoms. The van der Waals surface area contributed by atoms with E-state index in [4.69, 9.17) is 10.5 Å². The van der Waals surface area contributed by atoms with Gasteiger partial charge in [-0.25, -0.2) is 4.98 Å². The standard InChI is InChI=1S/C10H15N3O2S2/c11-9(14)8(17-10-12-1-6-16-10)7-13-2-4-15-5-3-13/h1,6,8H,2-5,7H2,(H2,11,14). The van der Waals surface area contributed by atoms with Gasteiger partial charge in [-0.3, -0.25) is 9.69 Å². The lowest BCUT2D eigenvalue weighted by Gasteiger charge is -2.28. The highest BCUT2D eigenvalue weighted by atomic mass is 32.2. The van der Waals surface area contributed by atoms with Gasteiger partial charge in [-0.15, -0.1) is 11.3 Å². The molecule has 1 aliphatic rings. The van der Waals surface area contributed by atoms with Crippen LogP contribution in [0.3, 0.4) is 0 Å². The predicted molar refractivity (Wildman–Crippen MR) is 68.2 cm³/mol. The molecule has 0 bridgehead atoms. The molecule has 1 atom stereocenters. The lowest BCUT2D eigenvalue weighted by molar-refractivity contribution is -0.118. The van der Waals surface area contributed by atoms with Gasteiger partial charge in [-0.2, -0.15) is 0 Å². The van der Waals surface area contributed by atoms with E-state index in [1.807, 2.05) is 5.38 Å². The SMILES string of the molecule is NC(=O)C(CN1CCOCC1)Sc1nccs1. The van der Waals surface area contributed by atoms with Gasteiger partial charge in [0.05, 0.1) is 13.2 Å². The van der Waals surface area contributed by atoms with Crippen molar-refractivity contribution in [3.8, 4) is 0 Å². The highest BCUT2D eigenvalue weighted by Crippen LogP contribution is 2.25. The lowest BCUT2D eigenvalue weighted by atomic mass is 10.3. The van der Waals surface area contributed by atoms with Crippen LogP contribution in [0.15, 0.2) is 15.9 Å². The fourth-order valence-corrected chi connectivity index (χ4v) is 3.46. The van der Waals surface area contributed by atoms with E-state index in [0.717, 1.165) is 30.6 Å². The van der Waals surface area contributed by atoms with Crippen LogP contribution in [-0.4, -0.2) is 53.9 Å². The maximum absolute atomic E-state index is 11.4. The first-order chi connectivity index (χ1) is 8.25. The van der Waals surface area contributed by atoms with Gasteiger partial charge in [-0.05, 0) is 0 Å².